The Hall–Kier alpha value is -1.56. The van der Waals surface area contributed by atoms with Gasteiger partial charge in [-0.15, -0.1) is 0 Å². The van der Waals surface area contributed by atoms with E-state index in [4.69, 9.17) is 15.9 Å². The fraction of sp³-hybridized carbons (Fsp3) is 0.200. The lowest BCUT2D eigenvalue weighted by molar-refractivity contribution is 0.256. The predicted octanol–water partition coefficient (Wildman–Crippen LogP) is 2.34. The van der Waals surface area contributed by atoms with Crippen molar-refractivity contribution in [1.29, 1.82) is 5.41 Å². The first-order valence-corrected chi connectivity index (χ1v) is 5.25. The number of benzene rings is 1. The van der Waals surface area contributed by atoms with Crippen LogP contribution in [0, 0.1) is 5.41 Å². The van der Waals surface area contributed by atoms with E-state index in [0.29, 0.717) is 11.4 Å². The molecule has 0 heterocycles. The third-order valence-electron chi connectivity index (χ3n) is 1.95. The molecule has 6 heteroatoms. The topological polar surface area (TPSA) is 79.4 Å². The average molecular weight is 286 g/mol. The van der Waals surface area contributed by atoms with Crippen LogP contribution in [-0.2, 0) is 0 Å². The quantitative estimate of drug-likeness (QED) is 0.646. The van der Waals surface area contributed by atoms with Gasteiger partial charge in [-0.25, -0.2) is 4.79 Å². The largest absolute Gasteiger partial charge is 0.495 e. The Bertz CT molecular complexity index is 420. The van der Waals surface area contributed by atoms with Crippen molar-refractivity contribution in [2.75, 3.05) is 12.0 Å². The number of primary amides is 1. The molecule has 0 aliphatic heterocycles. The van der Waals surface area contributed by atoms with E-state index in [-0.39, 0.29) is 5.84 Å². The number of amidine groups is 1. The van der Waals surface area contributed by atoms with Crippen LogP contribution in [0.5, 0.6) is 5.75 Å². The molecule has 1 aromatic rings. The highest BCUT2D eigenvalue weighted by Gasteiger charge is 2.15. The number of nitrogens with one attached hydrogen (secondary N) is 1. The smallest absolute Gasteiger partial charge is 0.324 e. The Balaban J connectivity index is 3.20. The second-order valence-corrected chi connectivity index (χ2v) is 3.93. The Kier molecular flexibility index (Phi) is 3.89. The third kappa shape index (κ3) is 2.52. The third-order valence-corrected chi connectivity index (χ3v) is 2.60. The van der Waals surface area contributed by atoms with Gasteiger partial charge in [0.15, 0.2) is 0 Å². The van der Waals surface area contributed by atoms with Crippen LogP contribution in [0.1, 0.15) is 6.92 Å². The lowest BCUT2D eigenvalue weighted by atomic mass is 10.2. The maximum Gasteiger partial charge on any atom is 0.324 e. The van der Waals surface area contributed by atoms with E-state index in [0.717, 1.165) is 9.37 Å². The summed E-state index contributed by atoms with van der Waals surface area (Å²) in [7, 11) is 1.52. The molecule has 0 saturated carbocycles. The van der Waals surface area contributed by atoms with Gasteiger partial charge in [0, 0.05) is 6.07 Å². The molecule has 0 atom stereocenters. The predicted molar refractivity (Wildman–Crippen MR) is 66.2 cm³/mol. The van der Waals surface area contributed by atoms with Gasteiger partial charge >= 0.3 is 6.03 Å². The molecular formula is C10H12BrN3O2. The number of nitrogens with zero attached hydrogens (tertiary/aromatic N) is 1. The molecule has 0 bridgehead atoms. The van der Waals surface area contributed by atoms with Crippen LogP contribution in [-0.4, -0.2) is 19.0 Å². The number of hydrogen-bond donors (Lipinski definition) is 2. The minimum Gasteiger partial charge on any atom is -0.495 e. The molecule has 0 aliphatic rings. The van der Waals surface area contributed by atoms with Crippen LogP contribution in [0.4, 0.5) is 10.5 Å². The lowest BCUT2D eigenvalue weighted by Gasteiger charge is -2.19. The Labute approximate surface area is 102 Å². The SMILES string of the molecule is COc1cc(N(C(C)=N)C(N)=O)ccc1Br. The molecule has 2 amide bonds. The summed E-state index contributed by atoms with van der Waals surface area (Å²) in [6.07, 6.45) is 0. The number of amides is 2. The molecule has 5 nitrogen and oxygen atoms in total. The van der Waals surface area contributed by atoms with Crippen molar-refractivity contribution < 1.29 is 9.53 Å². The molecule has 0 fully saturated rings. The number of nitrogens with two attached hydrogens (primary N) is 1. The summed E-state index contributed by atoms with van der Waals surface area (Å²) < 4.78 is 5.87. The average Bonchev–Trinajstić information content (AvgIpc) is 2.19. The zero-order valence-corrected chi connectivity index (χ0v) is 10.5. The Morgan fingerprint density at radius 2 is 2.19 bits per heavy atom. The maximum atomic E-state index is 11.2. The number of carbonyl (C=O) groups is 1. The maximum absolute atomic E-state index is 11.2. The summed E-state index contributed by atoms with van der Waals surface area (Å²) in [6, 6.07) is 4.34. The minimum absolute atomic E-state index is 0.0527. The molecular weight excluding hydrogens is 274 g/mol. The van der Waals surface area contributed by atoms with Crippen molar-refractivity contribution in [2.45, 2.75) is 6.92 Å². The summed E-state index contributed by atoms with van der Waals surface area (Å²) in [5.74, 6) is 0.627. The van der Waals surface area contributed by atoms with Gasteiger partial charge in [-0.1, -0.05) is 0 Å². The molecule has 0 radical (unpaired) electrons. The minimum atomic E-state index is -0.697. The van der Waals surface area contributed by atoms with Crippen LogP contribution >= 0.6 is 15.9 Å². The summed E-state index contributed by atoms with van der Waals surface area (Å²) in [5, 5.41) is 7.47. The molecule has 86 valence electrons. The zero-order valence-electron chi connectivity index (χ0n) is 8.95. The number of methoxy groups -OCH3 is 1. The normalized spacial score (nSPS) is 9.69. The van der Waals surface area contributed by atoms with Gasteiger partial charge in [0.25, 0.3) is 0 Å². The van der Waals surface area contributed by atoms with Gasteiger partial charge in [-0.2, -0.15) is 0 Å². The standard InChI is InChI=1S/C10H12BrN3O2/c1-6(12)14(10(13)15)7-3-4-8(11)9(5-7)16-2/h3-5,12H,1-2H3,(H2,13,15). The summed E-state index contributed by atoms with van der Waals surface area (Å²) >= 11 is 3.30. The van der Waals surface area contributed by atoms with Crippen molar-refractivity contribution in [3.63, 3.8) is 0 Å². The van der Waals surface area contributed by atoms with E-state index in [1.807, 2.05) is 0 Å². The van der Waals surface area contributed by atoms with Crippen LogP contribution < -0.4 is 15.4 Å². The van der Waals surface area contributed by atoms with Crippen LogP contribution in [0.3, 0.4) is 0 Å². The molecule has 0 aliphatic carbocycles. The Morgan fingerprint density at radius 3 is 2.62 bits per heavy atom. The van der Waals surface area contributed by atoms with Gasteiger partial charge in [0.1, 0.15) is 11.6 Å². The van der Waals surface area contributed by atoms with Gasteiger partial charge in [0.05, 0.1) is 17.3 Å². The van der Waals surface area contributed by atoms with Gasteiger partial charge in [-0.3, -0.25) is 10.3 Å². The number of anilines is 1. The van der Waals surface area contributed by atoms with Crippen molar-refractivity contribution in [3.05, 3.63) is 22.7 Å². The molecule has 1 rings (SSSR count). The van der Waals surface area contributed by atoms with E-state index >= 15 is 0 Å². The van der Waals surface area contributed by atoms with Crippen molar-refractivity contribution in [2.24, 2.45) is 5.73 Å². The number of halogens is 1. The van der Waals surface area contributed by atoms with Gasteiger partial charge < -0.3 is 10.5 Å². The summed E-state index contributed by atoms with van der Waals surface area (Å²) in [5.41, 5.74) is 5.69. The lowest BCUT2D eigenvalue weighted by Crippen LogP contribution is -2.39. The van der Waals surface area contributed by atoms with Crippen molar-refractivity contribution >= 4 is 33.5 Å². The van der Waals surface area contributed by atoms with Gasteiger partial charge in [0.2, 0.25) is 0 Å². The highest BCUT2D eigenvalue weighted by molar-refractivity contribution is 9.10. The molecule has 0 aromatic heterocycles. The molecule has 3 N–H and O–H groups in total. The molecule has 0 saturated heterocycles. The van der Waals surface area contributed by atoms with E-state index in [1.165, 1.54) is 14.0 Å². The molecule has 1 aromatic carbocycles. The van der Waals surface area contributed by atoms with Gasteiger partial charge in [-0.05, 0) is 35.0 Å². The number of ether oxygens (including phenoxy) is 1. The van der Waals surface area contributed by atoms with Crippen LogP contribution in [0.15, 0.2) is 22.7 Å². The molecule has 0 spiro atoms. The second-order valence-electron chi connectivity index (χ2n) is 3.08. The van der Waals surface area contributed by atoms with Crippen molar-refractivity contribution in [1.82, 2.24) is 0 Å². The van der Waals surface area contributed by atoms with E-state index in [1.54, 1.807) is 18.2 Å². The fourth-order valence-corrected chi connectivity index (χ4v) is 1.68. The number of rotatable bonds is 2. The van der Waals surface area contributed by atoms with Crippen LogP contribution in [0.25, 0.3) is 0 Å². The summed E-state index contributed by atoms with van der Waals surface area (Å²) in [6.45, 7) is 1.49. The first-order valence-electron chi connectivity index (χ1n) is 4.45. The molecule has 0 unspecified atom stereocenters. The number of carbonyl (C=O) groups excluding carboxylic acids is 1. The van der Waals surface area contributed by atoms with E-state index in [9.17, 15) is 4.79 Å². The van der Waals surface area contributed by atoms with Crippen molar-refractivity contribution in [3.8, 4) is 5.75 Å². The monoisotopic (exact) mass is 285 g/mol. The first-order chi connectivity index (χ1) is 7.47. The van der Waals surface area contributed by atoms with E-state index in [2.05, 4.69) is 15.9 Å². The fourth-order valence-electron chi connectivity index (χ4n) is 1.27. The second kappa shape index (κ2) is 4.98. The highest BCUT2D eigenvalue weighted by atomic mass is 79.9. The zero-order chi connectivity index (χ0) is 12.3. The highest BCUT2D eigenvalue weighted by Crippen LogP contribution is 2.29. The van der Waals surface area contributed by atoms with Crippen LogP contribution in [0.2, 0.25) is 0 Å². The number of urea groups is 1. The Morgan fingerprint density at radius 1 is 1.56 bits per heavy atom. The van der Waals surface area contributed by atoms with E-state index < -0.39 is 6.03 Å². The summed E-state index contributed by atoms with van der Waals surface area (Å²) in [4.78, 5) is 12.3. The first kappa shape index (κ1) is 12.5. The molecule has 16 heavy (non-hydrogen) atoms. The number of hydrogen-bond acceptors (Lipinski definition) is 3.